The van der Waals surface area contributed by atoms with Crippen molar-refractivity contribution in [3.63, 3.8) is 0 Å². The number of sulfonamides is 1. The van der Waals surface area contributed by atoms with Gasteiger partial charge in [-0.15, -0.1) is 0 Å². The highest BCUT2D eigenvalue weighted by Crippen LogP contribution is 2.33. The molecule has 1 aromatic heterocycles. The molecule has 4 rings (SSSR count). The number of aromatic nitrogens is 1. The molecule has 7 heteroatoms. The molecule has 3 aromatic rings. The number of fused-ring (bicyclic) bond motifs is 3. The summed E-state index contributed by atoms with van der Waals surface area (Å²) in [6, 6.07) is 8.02. The van der Waals surface area contributed by atoms with Crippen LogP contribution in [-0.2, 0) is 23.0 Å². The summed E-state index contributed by atoms with van der Waals surface area (Å²) >= 11 is 0. The fourth-order valence-corrected chi connectivity index (χ4v) is 5.49. The second kappa shape index (κ2) is 6.35. The van der Waals surface area contributed by atoms with Gasteiger partial charge in [0.25, 0.3) is 0 Å². The first-order valence-electron chi connectivity index (χ1n) is 8.75. The third kappa shape index (κ3) is 2.91. The molecule has 0 spiro atoms. The van der Waals surface area contributed by atoms with E-state index in [1.165, 1.54) is 16.4 Å². The number of aromatic amines is 1. The zero-order valence-electron chi connectivity index (χ0n) is 15.5. The Labute approximate surface area is 157 Å². The van der Waals surface area contributed by atoms with Crippen molar-refractivity contribution in [2.75, 3.05) is 13.7 Å². The lowest BCUT2D eigenvalue weighted by molar-refractivity contribution is 0.387. The predicted molar refractivity (Wildman–Crippen MR) is 102 cm³/mol. The van der Waals surface area contributed by atoms with Crippen molar-refractivity contribution in [3.8, 4) is 5.75 Å². The van der Waals surface area contributed by atoms with Crippen molar-refractivity contribution in [3.05, 3.63) is 58.5 Å². The maximum Gasteiger partial charge on any atom is 0.243 e. The van der Waals surface area contributed by atoms with Crippen LogP contribution in [0.1, 0.15) is 22.4 Å². The highest BCUT2D eigenvalue weighted by atomic mass is 32.2. The number of rotatable bonds is 3. The first kappa shape index (κ1) is 18.0. The summed E-state index contributed by atoms with van der Waals surface area (Å²) in [4.78, 5) is 3.55. The minimum Gasteiger partial charge on any atom is -0.496 e. The van der Waals surface area contributed by atoms with Crippen LogP contribution in [0, 0.1) is 19.7 Å². The van der Waals surface area contributed by atoms with Gasteiger partial charge in [-0.05, 0) is 67.3 Å². The monoisotopic (exact) mass is 388 g/mol. The number of benzene rings is 2. The summed E-state index contributed by atoms with van der Waals surface area (Å²) in [5.74, 6) is 0.383. The molecule has 0 aliphatic carbocycles. The molecule has 0 amide bonds. The second-order valence-corrected chi connectivity index (χ2v) is 8.85. The summed E-state index contributed by atoms with van der Waals surface area (Å²) in [5.41, 5.74) is 4.09. The van der Waals surface area contributed by atoms with E-state index < -0.39 is 10.0 Å². The lowest BCUT2D eigenvalue weighted by Crippen LogP contribution is -2.36. The molecule has 0 bridgehead atoms. The molecule has 2 aromatic carbocycles. The van der Waals surface area contributed by atoms with Crippen LogP contribution in [0.15, 0.2) is 35.2 Å². The lowest BCUT2D eigenvalue weighted by Gasteiger charge is -2.27. The molecule has 1 aliphatic rings. The fourth-order valence-electron chi connectivity index (χ4n) is 3.79. The summed E-state index contributed by atoms with van der Waals surface area (Å²) in [6.07, 6.45) is 0.548. The molecule has 142 valence electrons. The highest BCUT2D eigenvalue weighted by Gasteiger charge is 2.31. The number of halogens is 1. The standard InChI is InChI=1S/C20H21FN2O3S/c1-12-9-20(13(2)8-19(12)26-3)27(24,25)23-7-6-15-16-10-14(21)4-5-17(16)22-18(15)11-23/h4-5,8-10,22H,6-7,11H2,1-3H3. The Kier molecular flexibility index (Phi) is 4.24. The second-order valence-electron chi connectivity index (χ2n) is 6.95. The number of hydrogen-bond donors (Lipinski definition) is 1. The average molecular weight is 388 g/mol. The van der Waals surface area contributed by atoms with E-state index in [0.29, 0.717) is 29.2 Å². The van der Waals surface area contributed by atoms with Gasteiger partial charge in [0, 0.05) is 23.1 Å². The van der Waals surface area contributed by atoms with Gasteiger partial charge in [0.1, 0.15) is 11.6 Å². The van der Waals surface area contributed by atoms with E-state index in [0.717, 1.165) is 27.7 Å². The maximum absolute atomic E-state index is 13.6. The predicted octanol–water partition coefficient (Wildman–Crippen LogP) is 3.68. The molecule has 2 heterocycles. The molecule has 27 heavy (non-hydrogen) atoms. The lowest BCUT2D eigenvalue weighted by atomic mass is 10.0. The SMILES string of the molecule is COc1cc(C)c(S(=O)(=O)N2CCc3c([nH]c4ccc(F)cc34)C2)cc1C. The Morgan fingerprint density at radius 3 is 2.67 bits per heavy atom. The Bertz CT molecular complexity index is 1150. The normalized spacial score (nSPS) is 15.1. The van der Waals surface area contributed by atoms with E-state index in [-0.39, 0.29) is 12.4 Å². The first-order chi connectivity index (χ1) is 12.8. The molecule has 1 N–H and O–H groups in total. The molecule has 0 radical (unpaired) electrons. The average Bonchev–Trinajstić information content (AvgIpc) is 3.00. The van der Waals surface area contributed by atoms with Crippen LogP contribution in [0.5, 0.6) is 5.75 Å². The third-order valence-corrected chi connectivity index (χ3v) is 7.20. The number of aryl methyl sites for hydroxylation is 2. The Morgan fingerprint density at radius 1 is 1.15 bits per heavy atom. The zero-order chi connectivity index (χ0) is 19.3. The largest absolute Gasteiger partial charge is 0.496 e. The van der Waals surface area contributed by atoms with Gasteiger partial charge in [0.05, 0.1) is 18.6 Å². The molecule has 0 atom stereocenters. The number of nitrogens with one attached hydrogen (secondary N) is 1. The Morgan fingerprint density at radius 2 is 1.93 bits per heavy atom. The minimum absolute atomic E-state index is 0.248. The fraction of sp³-hybridized carbons (Fsp3) is 0.300. The molecule has 0 saturated heterocycles. The number of ether oxygens (including phenoxy) is 1. The first-order valence-corrected chi connectivity index (χ1v) is 10.2. The van der Waals surface area contributed by atoms with Gasteiger partial charge < -0.3 is 9.72 Å². The van der Waals surface area contributed by atoms with Crippen molar-refractivity contribution < 1.29 is 17.5 Å². The van der Waals surface area contributed by atoms with E-state index in [4.69, 9.17) is 4.74 Å². The molecule has 0 fully saturated rings. The Hall–Kier alpha value is -2.38. The van der Waals surface area contributed by atoms with Gasteiger partial charge in [-0.1, -0.05) is 0 Å². The van der Waals surface area contributed by atoms with Crippen molar-refractivity contribution in [1.29, 1.82) is 0 Å². The smallest absolute Gasteiger partial charge is 0.243 e. The van der Waals surface area contributed by atoms with Crippen molar-refractivity contribution in [2.24, 2.45) is 0 Å². The maximum atomic E-state index is 13.6. The van der Waals surface area contributed by atoms with Crippen molar-refractivity contribution >= 4 is 20.9 Å². The summed E-state index contributed by atoms with van der Waals surface area (Å²) in [6.45, 7) is 4.22. The highest BCUT2D eigenvalue weighted by molar-refractivity contribution is 7.89. The quantitative estimate of drug-likeness (QED) is 0.745. The van der Waals surface area contributed by atoms with Crippen LogP contribution in [0.3, 0.4) is 0 Å². The van der Waals surface area contributed by atoms with Gasteiger partial charge >= 0.3 is 0 Å². The van der Waals surface area contributed by atoms with Crippen LogP contribution in [-0.4, -0.2) is 31.4 Å². The number of nitrogens with zero attached hydrogens (tertiary/aromatic N) is 1. The summed E-state index contributed by atoms with van der Waals surface area (Å²) in [5, 5.41) is 0.832. The van der Waals surface area contributed by atoms with Crippen molar-refractivity contribution in [1.82, 2.24) is 9.29 Å². The van der Waals surface area contributed by atoms with E-state index in [1.54, 1.807) is 32.2 Å². The minimum atomic E-state index is -3.64. The zero-order valence-corrected chi connectivity index (χ0v) is 16.3. The van der Waals surface area contributed by atoms with E-state index in [1.807, 2.05) is 6.92 Å². The molecule has 0 saturated carbocycles. The van der Waals surface area contributed by atoms with E-state index in [9.17, 15) is 12.8 Å². The molecule has 5 nitrogen and oxygen atoms in total. The van der Waals surface area contributed by atoms with Gasteiger partial charge in [-0.2, -0.15) is 4.31 Å². The van der Waals surface area contributed by atoms with Crippen LogP contribution in [0.2, 0.25) is 0 Å². The number of methoxy groups -OCH3 is 1. The van der Waals surface area contributed by atoms with Gasteiger partial charge in [0.15, 0.2) is 0 Å². The van der Waals surface area contributed by atoms with Crippen LogP contribution in [0.4, 0.5) is 4.39 Å². The molecule has 1 aliphatic heterocycles. The van der Waals surface area contributed by atoms with E-state index >= 15 is 0 Å². The van der Waals surface area contributed by atoms with Gasteiger partial charge in [0.2, 0.25) is 10.0 Å². The number of H-pyrrole nitrogens is 1. The van der Waals surface area contributed by atoms with Gasteiger partial charge in [-0.3, -0.25) is 0 Å². The number of hydrogen-bond acceptors (Lipinski definition) is 3. The summed E-state index contributed by atoms with van der Waals surface area (Å²) in [7, 11) is -2.07. The van der Waals surface area contributed by atoms with Crippen LogP contribution >= 0.6 is 0 Å². The van der Waals surface area contributed by atoms with Crippen molar-refractivity contribution in [2.45, 2.75) is 31.7 Å². The molecule has 0 unspecified atom stereocenters. The van der Waals surface area contributed by atoms with E-state index in [2.05, 4.69) is 4.98 Å². The molecular weight excluding hydrogens is 367 g/mol. The third-order valence-electron chi connectivity index (χ3n) is 5.21. The van der Waals surface area contributed by atoms with Crippen LogP contribution in [0.25, 0.3) is 10.9 Å². The molecular formula is C20H21FN2O3S. The Balaban J connectivity index is 1.73. The topological polar surface area (TPSA) is 62.4 Å². The summed E-state index contributed by atoms with van der Waals surface area (Å²) < 4.78 is 46.9. The van der Waals surface area contributed by atoms with Gasteiger partial charge in [-0.25, -0.2) is 12.8 Å². The van der Waals surface area contributed by atoms with Crippen LogP contribution < -0.4 is 4.74 Å².